The highest BCUT2D eigenvalue weighted by Gasteiger charge is 2.36. The Kier molecular flexibility index (Phi) is 5.27. The van der Waals surface area contributed by atoms with Crippen molar-refractivity contribution in [2.45, 2.75) is 50.3 Å². The molecule has 1 aliphatic carbocycles. The molecule has 1 amide bonds. The highest BCUT2D eigenvalue weighted by Crippen LogP contribution is 2.27. The molecule has 1 aromatic rings. The number of aryl methyl sites for hydroxylation is 1. The molecule has 0 bridgehead atoms. The van der Waals surface area contributed by atoms with Crippen LogP contribution >= 0.6 is 0 Å². The second kappa shape index (κ2) is 6.82. The molecule has 122 valence electrons. The summed E-state index contributed by atoms with van der Waals surface area (Å²) in [6.07, 6.45) is 4.95. The van der Waals surface area contributed by atoms with Crippen LogP contribution in [0.2, 0.25) is 0 Å². The Balaban J connectivity index is 2.11. The number of likely N-dealkylation sites (N-methyl/N-ethyl adjacent to an activating group) is 1. The standard InChI is InChI=1S/C17H25NO3S/c1-13-7-6-8-14(11-13)12-17(19)18(2)15-9-4-5-10-16(15)22(3,20)21/h6-8,11,15-16H,4-5,9-10,12H2,1-3H3. The van der Waals surface area contributed by atoms with Gasteiger partial charge in [0.15, 0.2) is 9.84 Å². The maximum absolute atomic E-state index is 12.5. The number of amides is 1. The van der Waals surface area contributed by atoms with Crippen molar-refractivity contribution in [3.8, 4) is 0 Å². The zero-order chi connectivity index (χ0) is 16.3. The number of carbonyl (C=O) groups is 1. The van der Waals surface area contributed by atoms with Crippen LogP contribution in [0, 0.1) is 6.92 Å². The lowest BCUT2D eigenvalue weighted by Gasteiger charge is -2.37. The molecule has 0 aliphatic heterocycles. The van der Waals surface area contributed by atoms with Crippen molar-refractivity contribution in [2.75, 3.05) is 13.3 Å². The van der Waals surface area contributed by atoms with Gasteiger partial charge in [-0.15, -0.1) is 0 Å². The van der Waals surface area contributed by atoms with Gasteiger partial charge in [-0.3, -0.25) is 4.79 Å². The summed E-state index contributed by atoms with van der Waals surface area (Å²) in [5.41, 5.74) is 2.10. The summed E-state index contributed by atoms with van der Waals surface area (Å²) < 4.78 is 24.0. The molecular weight excluding hydrogens is 298 g/mol. The first-order chi connectivity index (χ1) is 10.3. The maximum atomic E-state index is 12.5. The first kappa shape index (κ1) is 17.0. The molecule has 22 heavy (non-hydrogen) atoms. The van der Waals surface area contributed by atoms with Crippen LogP contribution in [-0.4, -0.2) is 43.8 Å². The lowest BCUT2D eigenvalue weighted by atomic mass is 9.93. The van der Waals surface area contributed by atoms with Gasteiger partial charge in [-0.1, -0.05) is 42.7 Å². The van der Waals surface area contributed by atoms with Crippen molar-refractivity contribution in [1.82, 2.24) is 4.90 Å². The van der Waals surface area contributed by atoms with Crippen molar-refractivity contribution in [3.05, 3.63) is 35.4 Å². The number of rotatable bonds is 4. The number of hydrogen-bond acceptors (Lipinski definition) is 3. The van der Waals surface area contributed by atoms with Crippen molar-refractivity contribution < 1.29 is 13.2 Å². The maximum Gasteiger partial charge on any atom is 0.227 e. The van der Waals surface area contributed by atoms with Gasteiger partial charge in [-0.2, -0.15) is 0 Å². The third-order valence-electron chi connectivity index (χ3n) is 4.55. The van der Waals surface area contributed by atoms with Gasteiger partial charge >= 0.3 is 0 Å². The van der Waals surface area contributed by atoms with Crippen LogP contribution in [0.1, 0.15) is 36.8 Å². The fourth-order valence-corrected chi connectivity index (χ4v) is 4.81. The Hall–Kier alpha value is -1.36. The number of sulfone groups is 1. The normalized spacial score (nSPS) is 22.3. The molecule has 5 heteroatoms. The molecule has 0 spiro atoms. The van der Waals surface area contributed by atoms with Gasteiger partial charge in [0.2, 0.25) is 5.91 Å². The van der Waals surface area contributed by atoms with E-state index in [4.69, 9.17) is 0 Å². The highest BCUT2D eigenvalue weighted by atomic mass is 32.2. The molecule has 0 aromatic heterocycles. The Morgan fingerprint density at radius 1 is 1.27 bits per heavy atom. The van der Waals surface area contributed by atoms with Gasteiger partial charge < -0.3 is 4.90 Å². The molecule has 1 aliphatic rings. The summed E-state index contributed by atoms with van der Waals surface area (Å²) in [4.78, 5) is 14.2. The van der Waals surface area contributed by atoms with Gasteiger partial charge in [0.1, 0.15) is 0 Å². The monoisotopic (exact) mass is 323 g/mol. The van der Waals surface area contributed by atoms with Crippen LogP contribution in [0.25, 0.3) is 0 Å². The van der Waals surface area contributed by atoms with Crippen molar-refractivity contribution in [3.63, 3.8) is 0 Å². The van der Waals surface area contributed by atoms with Crippen LogP contribution in [0.15, 0.2) is 24.3 Å². The van der Waals surface area contributed by atoms with E-state index in [0.717, 1.165) is 30.4 Å². The van der Waals surface area contributed by atoms with Crippen molar-refractivity contribution >= 4 is 15.7 Å². The minimum atomic E-state index is -3.13. The van der Waals surface area contributed by atoms with Gasteiger partial charge in [-0.05, 0) is 25.3 Å². The number of carbonyl (C=O) groups excluding carboxylic acids is 1. The molecule has 0 saturated heterocycles. The first-order valence-electron chi connectivity index (χ1n) is 7.79. The number of nitrogens with zero attached hydrogens (tertiary/aromatic N) is 1. The van der Waals surface area contributed by atoms with E-state index in [1.54, 1.807) is 11.9 Å². The third kappa shape index (κ3) is 4.09. The summed E-state index contributed by atoms with van der Waals surface area (Å²) in [5, 5.41) is -0.423. The summed E-state index contributed by atoms with van der Waals surface area (Å²) in [5.74, 6) is -0.00819. The average Bonchev–Trinajstić information content (AvgIpc) is 2.45. The SMILES string of the molecule is Cc1cccc(CC(=O)N(C)C2CCCCC2S(C)(=O)=O)c1. The lowest BCUT2D eigenvalue weighted by molar-refractivity contribution is -0.131. The second-order valence-electron chi connectivity index (χ2n) is 6.39. The van der Waals surface area contributed by atoms with Crippen LogP contribution < -0.4 is 0 Å². The van der Waals surface area contributed by atoms with E-state index in [9.17, 15) is 13.2 Å². The third-order valence-corrected chi connectivity index (χ3v) is 6.20. The minimum absolute atomic E-state index is 0.00819. The van der Waals surface area contributed by atoms with Gasteiger partial charge in [-0.25, -0.2) is 8.42 Å². The van der Waals surface area contributed by atoms with E-state index >= 15 is 0 Å². The Morgan fingerprint density at radius 3 is 2.59 bits per heavy atom. The topological polar surface area (TPSA) is 54.5 Å². The van der Waals surface area contributed by atoms with Crippen LogP contribution in [-0.2, 0) is 21.1 Å². The lowest BCUT2D eigenvalue weighted by Crippen LogP contribution is -2.49. The van der Waals surface area contributed by atoms with Crippen molar-refractivity contribution in [1.29, 1.82) is 0 Å². The number of hydrogen-bond donors (Lipinski definition) is 0. The molecule has 1 fully saturated rings. The largest absolute Gasteiger partial charge is 0.341 e. The van der Waals surface area contributed by atoms with E-state index < -0.39 is 15.1 Å². The second-order valence-corrected chi connectivity index (χ2v) is 8.65. The molecule has 0 radical (unpaired) electrons. The fraction of sp³-hybridized carbons (Fsp3) is 0.588. The van der Waals surface area contributed by atoms with Gasteiger partial charge in [0.25, 0.3) is 0 Å². The molecule has 1 aromatic carbocycles. The molecule has 0 heterocycles. The average molecular weight is 323 g/mol. The molecule has 4 nitrogen and oxygen atoms in total. The van der Waals surface area contributed by atoms with E-state index in [0.29, 0.717) is 12.8 Å². The Labute approximate surface area is 133 Å². The van der Waals surface area contributed by atoms with E-state index in [1.807, 2.05) is 31.2 Å². The summed E-state index contributed by atoms with van der Waals surface area (Å²) in [7, 11) is -1.38. The quantitative estimate of drug-likeness (QED) is 0.855. The Morgan fingerprint density at radius 2 is 1.95 bits per heavy atom. The summed E-state index contributed by atoms with van der Waals surface area (Å²) in [6.45, 7) is 2.00. The van der Waals surface area contributed by atoms with Gasteiger partial charge in [0.05, 0.1) is 11.7 Å². The summed E-state index contributed by atoms with van der Waals surface area (Å²) >= 11 is 0. The van der Waals surface area contributed by atoms with Crippen LogP contribution in [0.3, 0.4) is 0 Å². The molecule has 2 unspecified atom stereocenters. The summed E-state index contributed by atoms with van der Waals surface area (Å²) in [6, 6.07) is 7.69. The zero-order valence-electron chi connectivity index (χ0n) is 13.6. The predicted molar refractivity (Wildman–Crippen MR) is 88.5 cm³/mol. The van der Waals surface area contributed by atoms with Gasteiger partial charge in [0, 0.05) is 19.3 Å². The zero-order valence-corrected chi connectivity index (χ0v) is 14.4. The number of benzene rings is 1. The molecular formula is C17H25NO3S. The Bertz CT molecular complexity index is 639. The molecule has 2 rings (SSSR count). The van der Waals surface area contributed by atoms with Crippen LogP contribution in [0.4, 0.5) is 0 Å². The molecule has 1 saturated carbocycles. The van der Waals surface area contributed by atoms with E-state index in [2.05, 4.69) is 0 Å². The smallest absolute Gasteiger partial charge is 0.227 e. The van der Waals surface area contributed by atoms with E-state index in [1.165, 1.54) is 6.26 Å². The minimum Gasteiger partial charge on any atom is -0.341 e. The van der Waals surface area contributed by atoms with E-state index in [-0.39, 0.29) is 11.9 Å². The predicted octanol–water partition coefficient (Wildman–Crippen LogP) is 2.35. The molecule has 0 N–H and O–H groups in total. The van der Waals surface area contributed by atoms with Crippen LogP contribution in [0.5, 0.6) is 0 Å². The first-order valence-corrected chi connectivity index (χ1v) is 9.74. The molecule has 2 atom stereocenters. The highest BCUT2D eigenvalue weighted by molar-refractivity contribution is 7.91. The fourth-order valence-electron chi connectivity index (χ4n) is 3.33. The van der Waals surface area contributed by atoms with Crippen molar-refractivity contribution in [2.24, 2.45) is 0 Å².